The first-order valence-electron chi connectivity index (χ1n) is 8.96. The molecule has 1 aromatic carbocycles. The smallest absolute Gasteiger partial charge is 0.254 e. The number of hydrogen-bond acceptors (Lipinski definition) is 4. The molecule has 2 aliphatic rings. The van der Waals surface area contributed by atoms with Crippen LogP contribution in [0.5, 0.6) is 0 Å². The van der Waals surface area contributed by atoms with Crippen molar-refractivity contribution in [2.24, 2.45) is 0 Å². The van der Waals surface area contributed by atoms with Crippen LogP contribution in [0.25, 0.3) is 0 Å². The van der Waals surface area contributed by atoms with Crippen LogP contribution in [0, 0.1) is 0 Å². The SMILES string of the molecule is CN(C)c1cccc(C(=O)N2CCN(C)[C@@]3(CCNC(=O)CC3)C2)c1. The van der Waals surface area contributed by atoms with Crippen molar-refractivity contribution in [3.05, 3.63) is 29.8 Å². The highest BCUT2D eigenvalue weighted by Crippen LogP contribution is 2.31. The standard InChI is InChI=1S/C19H28N4O2/c1-21(2)16-6-4-5-15(13-16)18(25)23-12-11-22(3)19(14-23)8-7-17(24)20-10-9-19/h4-6,13H,7-12,14H2,1-3H3,(H,20,24)/t19-/m0/s1. The second-order valence-electron chi connectivity index (χ2n) is 7.42. The van der Waals surface area contributed by atoms with Crippen molar-refractivity contribution in [2.75, 3.05) is 52.2 Å². The van der Waals surface area contributed by atoms with Gasteiger partial charge in [-0.15, -0.1) is 0 Å². The molecule has 0 saturated carbocycles. The van der Waals surface area contributed by atoms with Gasteiger partial charge in [0.2, 0.25) is 5.91 Å². The number of piperazine rings is 1. The van der Waals surface area contributed by atoms with Gasteiger partial charge in [0.05, 0.1) is 0 Å². The maximum Gasteiger partial charge on any atom is 0.254 e. The van der Waals surface area contributed by atoms with E-state index in [4.69, 9.17) is 0 Å². The first kappa shape index (κ1) is 17.7. The van der Waals surface area contributed by atoms with Crippen LogP contribution in [0.2, 0.25) is 0 Å². The molecule has 2 saturated heterocycles. The van der Waals surface area contributed by atoms with E-state index in [1.807, 2.05) is 48.2 Å². The summed E-state index contributed by atoms with van der Waals surface area (Å²) >= 11 is 0. The van der Waals surface area contributed by atoms with Crippen LogP contribution in [-0.2, 0) is 4.79 Å². The summed E-state index contributed by atoms with van der Waals surface area (Å²) in [5, 5.41) is 2.96. The second-order valence-corrected chi connectivity index (χ2v) is 7.42. The molecule has 1 spiro atoms. The third-order valence-electron chi connectivity index (χ3n) is 5.63. The van der Waals surface area contributed by atoms with E-state index in [-0.39, 0.29) is 17.4 Å². The number of carbonyl (C=O) groups excluding carboxylic acids is 2. The van der Waals surface area contributed by atoms with Crippen LogP contribution in [0.3, 0.4) is 0 Å². The van der Waals surface area contributed by atoms with Crippen LogP contribution in [0.15, 0.2) is 24.3 Å². The summed E-state index contributed by atoms with van der Waals surface area (Å²) < 4.78 is 0. The monoisotopic (exact) mass is 344 g/mol. The van der Waals surface area contributed by atoms with E-state index in [0.717, 1.165) is 37.2 Å². The predicted molar refractivity (Wildman–Crippen MR) is 98.9 cm³/mol. The largest absolute Gasteiger partial charge is 0.378 e. The molecule has 6 heteroatoms. The number of carbonyl (C=O) groups is 2. The Labute approximate surface area is 149 Å². The molecule has 1 aromatic rings. The lowest BCUT2D eigenvalue weighted by molar-refractivity contribution is -0.121. The third kappa shape index (κ3) is 3.63. The lowest BCUT2D eigenvalue weighted by Crippen LogP contribution is -2.62. The van der Waals surface area contributed by atoms with E-state index in [0.29, 0.717) is 19.5 Å². The van der Waals surface area contributed by atoms with Gasteiger partial charge in [-0.05, 0) is 38.1 Å². The Bertz CT molecular complexity index is 661. The van der Waals surface area contributed by atoms with Gasteiger partial charge in [0.25, 0.3) is 5.91 Å². The highest BCUT2D eigenvalue weighted by Gasteiger charge is 2.42. The molecular weight excluding hydrogens is 316 g/mol. The zero-order valence-electron chi connectivity index (χ0n) is 15.4. The van der Waals surface area contributed by atoms with Gasteiger partial charge < -0.3 is 15.1 Å². The van der Waals surface area contributed by atoms with Crippen LogP contribution >= 0.6 is 0 Å². The molecule has 0 radical (unpaired) electrons. The van der Waals surface area contributed by atoms with Crippen LogP contribution in [-0.4, -0.2) is 74.5 Å². The van der Waals surface area contributed by atoms with Crippen molar-refractivity contribution in [1.29, 1.82) is 0 Å². The van der Waals surface area contributed by atoms with Crippen LogP contribution in [0.4, 0.5) is 5.69 Å². The predicted octanol–water partition coefficient (Wildman–Crippen LogP) is 1.18. The lowest BCUT2D eigenvalue weighted by atomic mass is 9.86. The fourth-order valence-corrected chi connectivity index (χ4v) is 3.87. The third-order valence-corrected chi connectivity index (χ3v) is 5.63. The molecule has 0 aliphatic carbocycles. The fourth-order valence-electron chi connectivity index (χ4n) is 3.87. The summed E-state index contributed by atoms with van der Waals surface area (Å²) in [5.41, 5.74) is 1.65. The fraction of sp³-hybridized carbons (Fsp3) is 0.579. The maximum absolute atomic E-state index is 13.1. The molecule has 25 heavy (non-hydrogen) atoms. The Balaban J connectivity index is 1.79. The van der Waals surface area contributed by atoms with Gasteiger partial charge in [-0.2, -0.15) is 0 Å². The molecule has 2 heterocycles. The average Bonchev–Trinajstić information content (AvgIpc) is 2.79. The Morgan fingerprint density at radius 1 is 1.24 bits per heavy atom. The summed E-state index contributed by atoms with van der Waals surface area (Å²) in [6, 6.07) is 7.78. The number of benzene rings is 1. The molecule has 1 atom stereocenters. The normalized spacial score (nSPS) is 24.8. The summed E-state index contributed by atoms with van der Waals surface area (Å²) in [7, 11) is 6.07. The Morgan fingerprint density at radius 2 is 2.04 bits per heavy atom. The van der Waals surface area contributed by atoms with Gasteiger partial charge in [0.15, 0.2) is 0 Å². The number of rotatable bonds is 2. The molecule has 1 N–H and O–H groups in total. The summed E-state index contributed by atoms with van der Waals surface area (Å²) in [5.74, 6) is 0.201. The van der Waals surface area contributed by atoms with E-state index < -0.39 is 0 Å². The van der Waals surface area contributed by atoms with Crippen molar-refractivity contribution in [1.82, 2.24) is 15.1 Å². The van der Waals surface area contributed by atoms with Gasteiger partial charge in [-0.1, -0.05) is 6.07 Å². The van der Waals surface area contributed by atoms with E-state index >= 15 is 0 Å². The van der Waals surface area contributed by atoms with Crippen LogP contribution in [0.1, 0.15) is 29.6 Å². The Kier molecular flexibility index (Phi) is 4.99. The summed E-state index contributed by atoms with van der Waals surface area (Å²) in [6.07, 6.45) is 2.22. The zero-order chi connectivity index (χ0) is 18.0. The topological polar surface area (TPSA) is 55.9 Å². The van der Waals surface area contributed by atoms with Crippen molar-refractivity contribution >= 4 is 17.5 Å². The minimum absolute atomic E-state index is 0.0831. The van der Waals surface area contributed by atoms with Crippen LogP contribution < -0.4 is 10.2 Å². The summed E-state index contributed by atoms with van der Waals surface area (Å²) in [6.45, 7) is 2.93. The van der Waals surface area contributed by atoms with Gasteiger partial charge in [-0.25, -0.2) is 0 Å². The Morgan fingerprint density at radius 3 is 2.80 bits per heavy atom. The molecule has 0 aromatic heterocycles. The molecule has 136 valence electrons. The highest BCUT2D eigenvalue weighted by molar-refractivity contribution is 5.95. The number of amides is 2. The molecule has 2 fully saturated rings. The van der Waals surface area contributed by atoms with Gasteiger partial charge >= 0.3 is 0 Å². The van der Waals surface area contributed by atoms with E-state index in [1.165, 1.54) is 0 Å². The second kappa shape index (κ2) is 7.04. The molecule has 2 amide bonds. The van der Waals surface area contributed by atoms with E-state index in [9.17, 15) is 9.59 Å². The van der Waals surface area contributed by atoms with Crippen molar-refractivity contribution < 1.29 is 9.59 Å². The number of nitrogens with zero attached hydrogens (tertiary/aromatic N) is 3. The molecule has 6 nitrogen and oxygen atoms in total. The van der Waals surface area contributed by atoms with Gasteiger partial charge in [-0.3, -0.25) is 14.5 Å². The molecule has 0 bridgehead atoms. The van der Waals surface area contributed by atoms with Crippen molar-refractivity contribution in [3.8, 4) is 0 Å². The number of anilines is 1. The summed E-state index contributed by atoms with van der Waals surface area (Å²) in [4.78, 5) is 31.1. The van der Waals surface area contributed by atoms with E-state index in [2.05, 4.69) is 17.3 Å². The lowest BCUT2D eigenvalue weighted by Gasteiger charge is -2.49. The van der Waals surface area contributed by atoms with Crippen molar-refractivity contribution in [2.45, 2.75) is 24.8 Å². The van der Waals surface area contributed by atoms with Crippen molar-refractivity contribution in [3.63, 3.8) is 0 Å². The van der Waals surface area contributed by atoms with E-state index in [1.54, 1.807) is 0 Å². The average molecular weight is 344 g/mol. The Hall–Kier alpha value is -2.08. The molecule has 2 aliphatic heterocycles. The minimum Gasteiger partial charge on any atom is -0.378 e. The maximum atomic E-state index is 13.1. The number of nitrogens with one attached hydrogen (secondary N) is 1. The number of likely N-dealkylation sites (N-methyl/N-ethyl adjacent to an activating group) is 1. The zero-order valence-corrected chi connectivity index (χ0v) is 15.4. The minimum atomic E-state index is -0.105. The molecule has 0 unspecified atom stereocenters. The van der Waals surface area contributed by atoms with Gasteiger partial charge in [0.1, 0.15) is 0 Å². The molecule has 3 rings (SSSR count). The quantitative estimate of drug-likeness (QED) is 0.875. The number of hydrogen-bond donors (Lipinski definition) is 1. The molecular formula is C19H28N4O2. The van der Waals surface area contributed by atoms with Gasteiger partial charge in [0, 0.05) is 63.5 Å². The first-order chi connectivity index (χ1) is 11.9. The highest BCUT2D eigenvalue weighted by atomic mass is 16.2. The first-order valence-corrected chi connectivity index (χ1v) is 8.96.